The third-order valence-electron chi connectivity index (χ3n) is 2.98. The van der Waals surface area contributed by atoms with Crippen LogP contribution in [0.15, 0.2) is 35.3 Å². The van der Waals surface area contributed by atoms with E-state index in [9.17, 15) is 0 Å². The summed E-state index contributed by atoms with van der Waals surface area (Å²) in [6.07, 6.45) is 3.87. The Hall–Kier alpha value is -1.46. The first-order valence-electron chi connectivity index (χ1n) is 6.54. The van der Waals surface area contributed by atoms with Gasteiger partial charge in [0.25, 0.3) is 0 Å². The minimum absolute atomic E-state index is 0.119. The van der Waals surface area contributed by atoms with Gasteiger partial charge >= 0.3 is 0 Å². The number of aromatic nitrogens is 3. The fourth-order valence-corrected chi connectivity index (χ4v) is 3.60. The van der Waals surface area contributed by atoms with Gasteiger partial charge in [-0.05, 0) is 11.4 Å². The van der Waals surface area contributed by atoms with Crippen LogP contribution >= 0.6 is 22.7 Å². The number of thiazole rings is 1. The molecule has 0 aliphatic heterocycles. The molecule has 0 aliphatic carbocycles. The van der Waals surface area contributed by atoms with Gasteiger partial charge in [0.15, 0.2) is 0 Å². The van der Waals surface area contributed by atoms with E-state index in [4.69, 9.17) is 4.98 Å². The highest BCUT2D eigenvalue weighted by atomic mass is 32.1. The van der Waals surface area contributed by atoms with E-state index < -0.39 is 0 Å². The average molecular weight is 303 g/mol. The summed E-state index contributed by atoms with van der Waals surface area (Å²) in [4.78, 5) is 10.4. The van der Waals surface area contributed by atoms with Gasteiger partial charge in [0.05, 0.1) is 22.1 Å². The largest absolute Gasteiger partial charge is 0.324 e. The van der Waals surface area contributed by atoms with Gasteiger partial charge in [0.2, 0.25) is 0 Å². The van der Waals surface area contributed by atoms with Crippen LogP contribution in [-0.4, -0.2) is 14.5 Å². The van der Waals surface area contributed by atoms with Crippen LogP contribution in [0.25, 0.3) is 10.7 Å². The fraction of sp³-hybridized carbons (Fsp3) is 0.333. The molecule has 20 heavy (non-hydrogen) atoms. The molecule has 3 heterocycles. The lowest BCUT2D eigenvalue weighted by atomic mass is 9.98. The summed E-state index contributed by atoms with van der Waals surface area (Å²) in [5.74, 6) is 1.02. The molecule has 0 amide bonds. The maximum absolute atomic E-state index is 4.75. The van der Waals surface area contributed by atoms with E-state index in [0.717, 1.165) is 18.1 Å². The van der Waals surface area contributed by atoms with Crippen molar-refractivity contribution in [3.8, 4) is 10.7 Å². The lowest BCUT2D eigenvalue weighted by Crippen LogP contribution is -2.11. The second-order valence-electron chi connectivity index (χ2n) is 5.75. The Morgan fingerprint density at radius 3 is 2.75 bits per heavy atom. The molecular formula is C15H17N3S2. The lowest BCUT2D eigenvalue weighted by Gasteiger charge is -2.13. The van der Waals surface area contributed by atoms with Gasteiger partial charge in [-0.25, -0.2) is 9.97 Å². The molecule has 0 N–H and O–H groups in total. The number of imidazole rings is 1. The Morgan fingerprint density at radius 2 is 2.10 bits per heavy atom. The first-order valence-corrected chi connectivity index (χ1v) is 8.30. The summed E-state index contributed by atoms with van der Waals surface area (Å²) in [7, 11) is 0. The van der Waals surface area contributed by atoms with Crippen molar-refractivity contribution in [1.82, 2.24) is 14.5 Å². The second-order valence-corrected chi connectivity index (χ2v) is 7.56. The highest BCUT2D eigenvalue weighted by Crippen LogP contribution is 2.27. The highest BCUT2D eigenvalue weighted by Gasteiger charge is 2.18. The minimum atomic E-state index is 0.119. The molecule has 0 atom stereocenters. The number of hydrogen-bond donors (Lipinski definition) is 0. The normalized spacial score (nSPS) is 11.9. The standard InChI is InChI=1S/C15H17N3S2/c1-15(2,3)14-17-11(10-20-14)9-18-7-6-16-13(18)12-5-4-8-19-12/h4-8,10H,9H2,1-3H3. The summed E-state index contributed by atoms with van der Waals surface area (Å²) in [5, 5.41) is 5.42. The van der Waals surface area contributed by atoms with Crippen molar-refractivity contribution in [3.63, 3.8) is 0 Å². The van der Waals surface area contributed by atoms with Crippen molar-refractivity contribution >= 4 is 22.7 Å². The molecule has 3 aromatic rings. The third kappa shape index (κ3) is 2.69. The molecule has 3 nitrogen and oxygen atoms in total. The van der Waals surface area contributed by atoms with Gasteiger partial charge in [-0.15, -0.1) is 22.7 Å². The van der Waals surface area contributed by atoms with Crippen LogP contribution in [0.5, 0.6) is 0 Å². The van der Waals surface area contributed by atoms with Crippen LogP contribution in [0.4, 0.5) is 0 Å². The molecule has 0 saturated carbocycles. The van der Waals surface area contributed by atoms with Gasteiger partial charge in [-0.3, -0.25) is 0 Å². The summed E-state index contributed by atoms with van der Waals surface area (Å²) >= 11 is 3.45. The van der Waals surface area contributed by atoms with E-state index in [1.54, 1.807) is 22.7 Å². The van der Waals surface area contributed by atoms with Crippen molar-refractivity contribution < 1.29 is 0 Å². The summed E-state index contributed by atoms with van der Waals surface area (Å²) < 4.78 is 2.16. The molecule has 3 aromatic heterocycles. The first-order chi connectivity index (χ1) is 9.54. The third-order valence-corrected chi connectivity index (χ3v) is 5.17. The SMILES string of the molecule is CC(C)(C)c1nc(Cn2ccnc2-c2cccs2)cs1. The Kier molecular flexibility index (Phi) is 3.48. The fourth-order valence-electron chi connectivity index (χ4n) is 1.97. The monoisotopic (exact) mass is 303 g/mol. The van der Waals surface area contributed by atoms with Gasteiger partial charge < -0.3 is 4.57 Å². The Balaban J connectivity index is 1.86. The topological polar surface area (TPSA) is 30.7 Å². The second kappa shape index (κ2) is 5.14. The zero-order valence-electron chi connectivity index (χ0n) is 11.8. The van der Waals surface area contributed by atoms with E-state index in [2.05, 4.69) is 53.2 Å². The molecule has 0 aliphatic rings. The summed E-state index contributed by atoms with van der Waals surface area (Å²) in [6, 6.07) is 4.16. The maximum Gasteiger partial charge on any atom is 0.150 e. The quantitative estimate of drug-likeness (QED) is 0.717. The van der Waals surface area contributed by atoms with Gasteiger partial charge in [-0.1, -0.05) is 26.8 Å². The van der Waals surface area contributed by atoms with Crippen LogP contribution in [0.3, 0.4) is 0 Å². The molecule has 0 radical (unpaired) electrons. The Labute approximate surface area is 127 Å². The van der Waals surface area contributed by atoms with Crippen molar-refractivity contribution in [1.29, 1.82) is 0 Å². The van der Waals surface area contributed by atoms with E-state index >= 15 is 0 Å². The molecule has 0 saturated heterocycles. The Bertz CT molecular complexity index is 687. The van der Waals surface area contributed by atoms with Crippen LogP contribution in [-0.2, 0) is 12.0 Å². The molecule has 0 spiro atoms. The summed E-state index contributed by atoms with van der Waals surface area (Å²) in [5.41, 5.74) is 1.23. The predicted molar refractivity (Wildman–Crippen MR) is 85.5 cm³/mol. The molecule has 104 valence electrons. The smallest absolute Gasteiger partial charge is 0.150 e. The molecule has 0 fully saturated rings. The molecule has 5 heteroatoms. The van der Waals surface area contributed by atoms with Crippen LogP contribution in [0.2, 0.25) is 0 Å². The highest BCUT2D eigenvalue weighted by molar-refractivity contribution is 7.13. The van der Waals surface area contributed by atoms with Crippen molar-refractivity contribution in [2.24, 2.45) is 0 Å². The number of nitrogens with zero attached hydrogens (tertiary/aromatic N) is 3. The molecule has 0 bridgehead atoms. The van der Waals surface area contributed by atoms with E-state index in [1.807, 2.05) is 12.4 Å². The van der Waals surface area contributed by atoms with E-state index in [0.29, 0.717) is 0 Å². The molecule has 0 aromatic carbocycles. The predicted octanol–water partition coefficient (Wildman–Crippen LogP) is 4.41. The lowest BCUT2D eigenvalue weighted by molar-refractivity contribution is 0.581. The number of hydrogen-bond acceptors (Lipinski definition) is 4. The number of thiophene rings is 1. The zero-order valence-corrected chi connectivity index (χ0v) is 13.5. The molecular weight excluding hydrogens is 286 g/mol. The zero-order chi connectivity index (χ0) is 14.2. The van der Waals surface area contributed by atoms with Crippen molar-refractivity contribution in [2.45, 2.75) is 32.7 Å². The summed E-state index contributed by atoms with van der Waals surface area (Å²) in [6.45, 7) is 7.37. The van der Waals surface area contributed by atoms with Crippen LogP contribution < -0.4 is 0 Å². The van der Waals surface area contributed by atoms with Gasteiger partial charge in [0.1, 0.15) is 5.82 Å². The van der Waals surface area contributed by atoms with Crippen molar-refractivity contribution in [2.75, 3.05) is 0 Å². The number of rotatable bonds is 3. The average Bonchev–Trinajstić information content (AvgIpc) is 3.08. The molecule has 3 rings (SSSR count). The van der Waals surface area contributed by atoms with Gasteiger partial charge in [0, 0.05) is 23.2 Å². The Morgan fingerprint density at radius 1 is 1.25 bits per heavy atom. The first kappa shape index (κ1) is 13.5. The van der Waals surface area contributed by atoms with E-state index in [-0.39, 0.29) is 5.41 Å². The van der Waals surface area contributed by atoms with Gasteiger partial charge in [-0.2, -0.15) is 0 Å². The van der Waals surface area contributed by atoms with Crippen molar-refractivity contribution in [3.05, 3.63) is 46.0 Å². The van der Waals surface area contributed by atoms with Crippen LogP contribution in [0.1, 0.15) is 31.5 Å². The van der Waals surface area contributed by atoms with Crippen LogP contribution in [0, 0.1) is 0 Å². The maximum atomic E-state index is 4.75. The van der Waals surface area contributed by atoms with E-state index in [1.165, 1.54) is 9.88 Å². The minimum Gasteiger partial charge on any atom is -0.324 e. The molecule has 0 unspecified atom stereocenters.